The van der Waals surface area contributed by atoms with Crippen LogP contribution in [-0.4, -0.2) is 51.4 Å². The number of likely N-dealkylation sites (tertiary alicyclic amines) is 1. The van der Waals surface area contributed by atoms with Crippen molar-refractivity contribution in [2.45, 2.75) is 25.8 Å². The van der Waals surface area contributed by atoms with Gasteiger partial charge in [0.1, 0.15) is 12.4 Å². The van der Waals surface area contributed by atoms with Crippen LogP contribution in [-0.2, 0) is 17.7 Å². The Morgan fingerprint density at radius 3 is 2.96 bits per heavy atom. The largest absolute Gasteiger partial charge is 0.489 e. The van der Waals surface area contributed by atoms with Gasteiger partial charge in [-0.3, -0.25) is 0 Å². The average Bonchev–Trinajstić information content (AvgIpc) is 3.09. The first-order valence-corrected chi connectivity index (χ1v) is 9.65. The zero-order valence-electron chi connectivity index (χ0n) is 16.2. The second-order valence-electron chi connectivity index (χ2n) is 6.97. The normalized spacial score (nSPS) is 17.3. The van der Waals surface area contributed by atoms with Gasteiger partial charge in [-0.15, -0.1) is 6.58 Å². The van der Waals surface area contributed by atoms with Crippen molar-refractivity contribution in [2.75, 3.05) is 46.5 Å². The van der Waals surface area contributed by atoms with Crippen LogP contribution in [0, 0.1) is 5.92 Å². The third kappa shape index (κ3) is 6.94. The third-order valence-electron chi connectivity index (χ3n) is 4.80. The highest BCUT2D eigenvalue weighted by Gasteiger charge is 2.21. The molecule has 4 nitrogen and oxygen atoms in total. The molecule has 0 aliphatic carbocycles. The number of allylic oxidation sites excluding steroid dienone is 1. The van der Waals surface area contributed by atoms with Gasteiger partial charge in [0.2, 0.25) is 0 Å². The Morgan fingerprint density at radius 1 is 1.31 bits per heavy atom. The molecule has 0 spiro atoms. The van der Waals surface area contributed by atoms with Gasteiger partial charge in [-0.05, 0) is 55.5 Å². The monoisotopic (exact) mass is 358 g/mol. The molecule has 1 atom stereocenters. The molecule has 1 unspecified atom stereocenters. The Balaban J connectivity index is 1.76. The molecule has 4 heteroatoms. The topological polar surface area (TPSA) is 33.7 Å². The maximum atomic E-state index is 5.73. The van der Waals surface area contributed by atoms with Gasteiger partial charge >= 0.3 is 0 Å². The fourth-order valence-electron chi connectivity index (χ4n) is 3.48. The summed E-state index contributed by atoms with van der Waals surface area (Å²) in [6.45, 7) is 14.5. The Morgan fingerprint density at radius 2 is 2.19 bits per heavy atom. The van der Waals surface area contributed by atoms with E-state index in [9.17, 15) is 0 Å². The highest BCUT2D eigenvalue weighted by Crippen LogP contribution is 2.22. The summed E-state index contributed by atoms with van der Waals surface area (Å²) in [6.07, 6.45) is 6.93. The molecular formula is C22H34N2O2. The number of hydrogen-bond donors (Lipinski definition) is 1. The van der Waals surface area contributed by atoms with Gasteiger partial charge in [0.15, 0.2) is 0 Å². The first kappa shape index (κ1) is 20.7. The van der Waals surface area contributed by atoms with E-state index in [0.29, 0.717) is 6.61 Å². The van der Waals surface area contributed by atoms with Crippen LogP contribution in [0.15, 0.2) is 43.5 Å². The van der Waals surface area contributed by atoms with Gasteiger partial charge in [-0.2, -0.15) is 0 Å². The van der Waals surface area contributed by atoms with Gasteiger partial charge < -0.3 is 19.7 Å². The maximum absolute atomic E-state index is 5.73. The smallest absolute Gasteiger partial charge is 0.123 e. The Bertz CT molecular complexity index is 559. The standard InChI is InChI=1S/C22H34N2O2/c1-4-7-21-15-19(8-9-22(21)26-13-5-2)16-23-17-20-10-12-24(18-20)11-6-14-25-3/h4-5,8-9,15,20,23H,1-2,6-7,10-14,16-18H2,3H3. The lowest BCUT2D eigenvalue weighted by atomic mass is 10.1. The van der Waals surface area contributed by atoms with Gasteiger partial charge in [0.05, 0.1) is 0 Å². The van der Waals surface area contributed by atoms with Gasteiger partial charge in [-0.1, -0.05) is 30.9 Å². The summed E-state index contributed by atoms with van der Waals surface area (Å²) < 4.78 is 10.9. The molecular weight excluding hydrogens is 324 g/mol. The summed E-state index contributed by atoms with van der Waals surface area (Å²) >= 11 is 0. The molecule has 26 heavy (non-hydrogen) atoms. The van der Waals surface area contributed by atoms with Crippen molar-refractivity contribution in [1.29, 1.82) is 0 Å². The maximum Gasteiger partial charge on any atom is 0.123 e. The van der Waals surface area contributed by atoms with E-state index in [1.165, 1.54) is 30.6 Å². The first-order chi connectivity index (χ1) is 12.8. The van der Waals surface area contributed by atoms with Crippen LogP contribution >= 0.6 is 0 Å². The van der Waals surface area contributed by atoms with Crippen LogP contribution in [0.3, 0.4) is 0 Å². The molecule has 0 amide bonds. The lowest BCUT2D eigenvalue weighted by molar-refractivity contribution is 0.178. The van der Waals surface area contributed by atoms with E-state index < -0.39 is 0 Å². The molecule has 1 aromatic rings. The molecule has 1 saturated heterocycles. The molecule has 2 rings (SSSR count). The van der Waals surface area contributed by atoms with Gasteiger partial charge in [0.25, 0.3) is 0 Å². The molecule has 0 bridgehead atoms. The molecule has 1 fully saturated rings. The summed E-state index contributed by atoms with van der Waals surface area (Å²) in [5.41, 5.74) is 2.48. The zero-order chi connectivity index (χ0) is 18.6. The number of nitrogens with one attached hydrogen (secondary N) is 1. The average molecular weight is 359 g/mol. The van der Waals surface area contributed by atoms with E-state index in [0.717, 1.165) is 50.8 Å². The fraction of sp³-hybridized carbons (Fsp3) is 0.545. The van der Waals surface area contributed by atoms with Crippen LogP contribution in [0.1, 0.15) is 24.0 Å². The van der Waals surface area contributed by atoms with Gasteiger partial charge in [-0.25, -0.2) is 0 Å². The molecule has 0 aromatic heterocycles. The van der Waals surface area contributed by atoms with Crippen LogP contribution in [0.25, 0.3) is 0 Å². The predicted molar refractivity (Wildman–Crippen MR) is 109 cm³/mol. The second-order valence-corrected chi connectivity index (χ2v) is 6.97. The summed E-state index contributed by atoms with van der Waals surface area (Å²) in [4.78, 5) is 2.55. The van der Waals surface area contributed by atoms with E-state index in [2.05, 4.69) is 41.6 Å². The highest BCUT2D eigenvalue weighted by molar-refractivity contribution is 5.38. The molecule has 0 saturated carbocycles. The minimum atomic E-state index is 0.532. The summed E-state index contributed by atoms with van der Waals surface area (Å²) in [5, 5.41) is 3.63. The van der Waals surface area contributed by atoms with E-state index >= 15 is 0 Å². The Kier molecular flexibility index (Phi) is 9.46. The van der Waals surface area contributed by atoms with Crippen LogP contribution in [0.5, 0.6) is 5.75 Å². The highest BCUT2D eigenvalue weighted by atomic mass is 16.5. The number of benzene rings is 1. The van der Waals surface area contributed by atoms with Crippen molar-refractivity contribution < 1.29 is 9.47 Å². The van der Waals surface area contributed by atoms with Crippen molar-refractivity contribution >= 4 is 0 Å². The molecule has 1 aromatic carbocycles. The molecule has 1 heterocycles. The quantitative estimate of drug-likeness (QED) is 0.433. The zero-order valence-corrected chi connectivity index (χ0v) is 16.2. The number of methoxy groups -OCH3 is 1. The molecule has 0 radical (unpaired) electrons. The summed E-state index contributed by atoms with van der Waals surface area (Å²) in [6, 6.07) is 6.43. The molecule has 1 aliphatic heterocycles. The first-order valence-electron chi connectivity index (χ1n) is 9.65. The number of hydrogen-bond acceptors (Lipinski definition) is 4. The van der Waals surface area contributed by atoms with E-state index in [-0.39, 0.29) is 0 Å². The summed E-state index contributed by atoms with van der Waals surface area (Å²) in [7, 11) is 1.77. The fourth-order valence-corrected chi connectivity index (χ4v) is 3.48. The minimum Gasteiger partial charge on any atom is -0.489 e. The Hall–Kier alpha value is -1.62. The van der Waals surface area contributed by atoms with Gasteiger partial charge in [0, 0.05) is 33.4 Å². The molecule has 1 N–H and O–H groups in total. The second kappa shape index (κ2) is 11.9. The van der Waals surface area contributed by atoms with Crippen LogP contribution in [0.4, 0.5) is 0 Å². The lowest BCUT2D eigenvalue weighted by Crippen LogP contribution is -2.27. The third-order valence-corrected chi connectivity index (χ3v) is 4.80. The molecule has 144 valence electrons. The van der Waals surface area contributed by atoms with Crippen molar-refractivity contribution in [3.05, 3.63) is 54.6 Å². The number of rotatable bonds is 13. The van der Waals surface area contributed by atoms with Crippen LogP contribution in [0.2, 0.25) is 0 Å². The number of ether oxygens (including phenoxy) is 2. The van der Waals surface area contributed by atoms with E-state index in [1.54, 1.807) is 13.2 Å². The summed E-state index contributed by atoms with van der Waals surface area (Å²) in [5.74, 6) is 1.68. The minimum absolute atomic E-state index is 0.532. The molecule has 1 aliphatic rings. The van der Waals surface area contributed by atoms with Crippen LogP contribution < -0.4 is 10.1 Å². The van der Waals surface area contributed by atoms with Crippen molar-refractivity contribution in [3.63, 3.8) is 0 Å². The lowest BCUT2D eigenvalue weighted by Gasteiger charge is -2.16. The van der Waals surface area contributed by atoms with Crippen molar-refractivity contribution in [2.24, 2.45) is 5.92 Å². The van der Waals surface area contributed by atoms with Crippen molar-refractivity contribution in [1.82, 2.24) is 10.2 Å². The number of nitrogens with zero attached hydrogens (tertiary/aromatic N) is 1. The van der Waals surface area contributed by atoms with E-state index in [1.807, 2.05) is 6.08 Å². The predicted octanol–water partition coefficient (Wildman–Crippen LogP) is 3.43. The van der Waals surface area contributed by atoms with E-state index in [4.69, 9.17) is 9.47 Å². The Labute approximate surface area is 158 Å². The van der Waals surface area contributed by atoms with Crippen molar-refractivity contribution in [3.8, 4) is 5.75 Å². The SMILES string of the molecule is C=CCOc1ccc(CNCC2CCN(CCCOC)C2)cc1CC=C.